The third-order valence-corrected chi connectivity index (χ3v) is 3.05. The lowest BCUT2D eigenvalue weighted by Gasteiger charge is -2.29. The molecule has 0 spiro atoms. The van der Waals surface area contributed by atoms with Crippen LogP contribution in [0.25, 0.3) is 0 Å². The van der Waals surface area contributed by atoms with Crippen LogP contribution in [-0.2, 0) is 15.1 Å². The molecule has 1 aromatic carbocycles. The molecule has 20 heavy (non-hydrogen) atoms. The van der Waals surface area contributed by atoms with Crippen LogP contribution in [0.1, 0.15) is 38.8 Å². The fourth-order valence-electron chi connectivity index (χ4n) is 1.96. The van der Waals surface area contributed by atoms with E-state index in [1.54, 1.807) is 39.8 Å². The molecule has 1 N–H and O–H groups in total. The van der Waals surface area contributed by atoms with Crippen LogP contribution in [0.5, 0.6) is 0 Å². The van der Waals surface area contributed by atoms with Crippen LogP contribution in [0.15, 0.2) is 18.2 Å². The van der Waals surface area contributed by atoms with Crippen molar-refractivity contribution in [2.45, 2.75) is 45.8 Å². The van der Waals surface area contributed by atoms with Crippen LogP contribution >= 0.6 is 11.6 Å². The fourth-order valence-corrected chi connectivity index (χ4v) is 2.37. The number of carbonyl (C=O) groups is 2. The number of rotatable bonds is 3. The van der Waals surface area contributed by atoms with Gasteiger partial charge in [-0.1, -0.05) is 23.7 Å². The average molecular weight is 298 g/mol. The Kier molecular flexibility index (Phi) is 4.81. The highest BCUT2D eigenvalue weighted by Gasteiger charge is 2.33. The molecule has 0 radical (unpaired) electrons. The Morgan fingerprint density at radius 1 is 1.30 bits per heavy atom. The Morgan fingerprint density at radius 3 is 2.35 bits per heavy atom. The Balaban J connectivity index is 3.10. The number of ether oxygens (including phenoxy) is 1. The zero-order chi connectivity index (χ0) is 15.6. The van der Waals surface area contributed by atoms with E-state index in [4.69, 9.17) is 16.3 Å². The number of aldehydes is 1. The van der Waals surface area contributed by atoms with E-state index >= 15 is 0 Å². The monoisotopic (exact) mass is 297 g/mol. The summed E-state index contributed by atoms with van der Waals surface area (Å²) in [6.07, 6.45) is -0.00285. The van der Waals surface area contributed by atoms with Gasteiger partial charge in [0.2, 0.25) is 0 Å². The lowest BCUT2D eigenvalue weighted by atomic mass is 9.90. The number of amides is 1. The van der Waals surface area contributed by atoms with Crippen molar-refractivity contribution in [3.63, 3.8) is 0 Å². The Bertz CT molecular complexity index is 502. The number of aryl methyl sites for hydroxylation is 1. The summed E-state index contributed by atoms with van der Waals surface area (Å²) in [6, 6.07) is 5.31. The number of benzene rings is 1. The molecule has 1 amide bonds. The largest absolute Gasteiger partial charge is 0.444 e. The highest BCUT2D eigenvalue weighted by Crippen LogP contribution is 2.30. The zero-order valence-electron chi connectivity index (χ0n) is 12.4. The van der Waals surface area contributed by atoms with Gasteiger partial charge in [0, 0.05) is 10.6 Å². The Morgan fingerprint density at radius 2 is 1.90 bits per heavy atom. The van der Waals surface area contributed by atoms with Crippen LogP contribution in [0.2, 0.25) is 5.02 Å². The van der Waals surface area contributed by atoms with Crippen molar-refractivity contribution in [1.82, 2.24) is 5.32 Å². The molecule has 0 fully saturated rings. The van der Waals surface area contributed by atoms with Gasteiger partial charge in [0.1, 0.15) is 17.4 Å². The van der Waals surface area contributed by atoms with E-state index in [1.165, 1.54) is 0 Å². The standard InChI is InChI=1S/C15H20ClNO3/c1-10-7-6-8-11(16)12(10)15(5,9-18)17-13(19)20-14(2,3)4/h6-9H,1-5H3,(H,17,19). The number of nitrogens with one attached hydrogen (secondary N) is 1. The van der Waals surface area contributed by atoms with Gasteiger partial charge in [-0.05, 0) is 46.2 Å². The highest BCUT2D eigenvalue weighted by molar-refractivity contribution is 6.31. The van der Waals surface area contributed by atoms with E-state index in [0.29, 0.717) is 16.9 Å². The minimum atomic E-state index is -1.23. The number of hydrogen-bond acceptors (Lipinski definition) is 3. The molecule has 1 unspecified atom stereocenters. The van der Waals surface area contributed by atoms with Gasteiger partial charge in [0.25, 0.3) is 0 Å². The van der Waals surface area contributed by atoms with E-state index in [1.807, 2.05) is 13.0 Å². The van der Waals surface area contributed by atoms with E-state index in [-0.39, 0.29) is 0 Å². The van der Waals surface area contributed by atoms with Gasteiger partial charge >= 0.3 is 6.09 Å². The first kappa shape index (κ1) is 16.5. The third kappa shape index (κ3) is 3.97. The van der Waals surface area contributed by atoms with Crippen molar-refractivity contribution in [2.24, 2.45) is 0 Å². The first-order chi connectivity index (χ1) is 9.09. The van der Waals surface area contributed by atoms with Gasteiger partial charge in [-0.2, -0.15) is 0 Å². The minimum absolute atomic E-state index is 0.427. The molecule has 0 bridgehead atoms. The van der Waals surface area contributed by atoms with Crippen LogP contribution in [0.3, 0.4) is 0 Å². The van der Waals surface area contributed by atoms with Gasteiger partial charge in [-0.25, -0.2) is 4.79 Å². The second kappa shape index (κ2) is 5.83. The van der Waals surface area contributed by atoms with Gasteiger partial charge in [-0.15, -0.1) is 0 Å². The molecule has 0 aromatic heterocycles. The zero-order valence-corrected chi connectivity index (χ0v) is 13.2. The minimum Gasteiger partial charge on any atom is -0.444 e. The summed E-state index contributed by atoms with van der Waals surface area (Å²) in [7, 11) is 0. The number of hydrogen-bond donors (Lipinski definition) is 1. The summed E-state index contributed by atoms with van der Waals surface area (Å²) in [4.78, 5) is 23.4. The Labute approximate surface area is 124 Å². The first-order valence-electron chi connectivity index (χ1n) is 6.32. The maximum absolute atomic E-state index is 11.9. The van der Waals surface area contributed by atoms with Gasteiger partial charge in [0.05, 0.1) is 0 Å². The molecular formula is C15H20ClNO3. The molecule has 0 saturated carbocycles. The molecule has 0 aliphatic carbocycles. The molecule has 0 heterocycles. The smallest absolute Gasteiger partial charge is 0.408 e. The summed E-state index contributed by atoms with van der Waals surface area (Å²) >= 11 is 6.16. The summed E-state index contributed by atoms with van der Waals surface area (Å²) in [5, 5.41) is 3.01. The van der Waals surface area contributed by atoms with Crippen molar-refractivity contribution in [3.8, 4) is 0 Å². The van der Waals surface area contributed by atoms with Crippen LogP contribution < -0.4 is 5.32 Å². The van der Waals surface area contributed by atoms with Gasteiger partial charge in [0.15, 0.2) is 0 Å². The van der Waals surface area contributed by atoms with Crippen molar-refractivity contribution >= 4 is 24.0 Å². The predicted molar refractivity (Wildman–Crippen MR) is 79.0 cm³/mol. The maximum Gasteiger partial charge on any atom is 0.408 e. The fraction of sp³-hybridized carbons (Fsp3) is 0.467. The van der Waals surface area contributed by atoms with Crippen LogP contribution in [0, 0.1) is 6.92 Å². The maximum atomic E-state index is 11.9. The predicted octanol–water partition coefficient (Wildman–Crippen LogP) is 3.59. The topological polar surface area (TPSA) is 55.4 Å². The van der Waals surface area contributed by atoms with Crippen molar-refractivity contribution in [2.75, 3.05) is 0 Å². The second-order valence-corrected chi connectivity index (χ2v) is 6.29. The number of alkyl carbamates (subject to hydrolysis) is 1. The lowest BCUT2D eigenvalue weighted by molar-refractivity contribution is -0.113. The van der Waals surface area contributed by atoms with Crippen LogP contribution in [0.4, 0.5) is 4.79 Å². The number of carbonyl (C=O) groups excluding carboxylic acids is 2. The number of halogens is 1. The Hall–Kier alpha value is -1.55. The summed E-state index contributed by atoms with van der Waals surface area (Å²) < 4.78 is 5.18. The summed E-state index contributed by atoms with van der Waals surface area (Å²) in [5.74, 6) is 0. The van der Waals surface area contributed by atoms with Crippen molar-refractivity contribution in [1.29, 1.82) is 0 Å². The van der Waals surface area contributed by atoms with Crippen molar-refractivity contribution in [3.05, 3.63) is 34.3 Å². The molecule has 110 valence electrons. The molecule has 1 aromatic rings. The molecule has 4 nitrogen and oxygen atoms in total. The van der Waals surface area contributed by atoms with Crippen molar-refractivity contribution < 1.29 is 14.3 Å². The average Bonchev–Trinajstić information content (AvgIpc) is 2.25. The van der Waals surface area contributed by atoms with E-state index in [2.05, 4.69) is 5.32 Å². The lowest BCUT2D eigenvalue weighted by Crippen LogP contribution is -2.47. The molecule has 1 atom stereocenters. The molecule has 1 rings (SSSR count). The SMILES string of the molecule is Cc1cccc(Cl)c1C(C)(C=O)NC(=O)OC(C)(C)C. The highest BCUT2D eigenvalue weighted by atomic mass is 35.5. The van der Waals surface area contributed by atoms with E-state index in [0.717, 1.165) is 5.56 Å². The van der Waals surface area contributed by atoms with Crippen LogP contribution in [-0.4, -0.2) is 18.0 Å². The van der Waals surface area contributed by atoms with E-state index in [9.17, 15) is 9.59 Å². The molecule has 0 saturated heterocycles. The quantitative estimate of drug-likeness (QED) is 0.868. The normalized spacial score (nSPS) is 14.3. The molecule has 5 heteroatoms. The summed E-state index contributed by atoms with van der Waals surface area (Å²) in [6.45, 7) is 8.70. The molecular weight excluding hydrogens is 278 g/mol. The third-order valence-electron chi connectivity index (χ3n) is 2.74. The van der Waals surface area contributed by atoms with Gasteiger partial charge < -0.3 is 14.8 Å². The first-order valence-corrected chi connectivity index (χ1v) is 6.70. The molecule has 0 aliphatic rings. The van der Waals surface area contributed by atoms with Gasteiger partial charge in [-0.3, -0.25) is 0 Å². The summed E-state index contributed by atoms with van der Waals surface area (Å²) in [5.41, 5.74) is -0.473. The second-order valence-electron chi connectivity index (χ2n) is 5.88. The van der Waals surface area contributed by atoms with E-state index < -0.39 is 17.2 Å². The molecule has 0 aliphatic heterocycles.